The summed E-state index contributed by atoms with van der Waals surface area (Å²) in [5.41, 5.74) is 1.16. The monoisotopic (exact) mass is 286 g/mol. The van der Waals surface area contributed by atoms with Crippen molar-refractivity contribution >= 4 is 5.91 Å². The van der Waals surface area contributed by atoms with Crippen molar-refractivity contribution in [3.05, 3.63) is 47.0 Å². The zero-order chi connectivity index (χ0) is 15.4. The molecule has 0 saturated heterocycles. The van der Waals surface area contributed by atoms with Crippen molar-refractivity contribution in [2.24, 2.45) is 0 Å². The van der Waals surface area contributed by atoms with Gasteiger partial charge in [0.1, 0.15) is 6.04 Å². The van der Waals surface area contributed by atoms with Crippen molar-refractivity contribution in [1.82, 2.24) is 20.1 Å². The third kappa shape index (κ3) is 3.53. The predicted octanol–water partition coefficient (Wildman–Crippen LogP) is 1.39. The fourth-order valence-electron chi connectivity index (χ4n) is 1.90. The van der Waals surface area contributed by atoms with E-state index >= 15 is 0 Å². The Morgan fingerprint density at radius 2 is 1.81 bits per heavy atom. The van der Waals surface area contributed by atoms with Gasteiger partial charge in [-0.2, -0.15) is 5.10 Å². The first-order valence-corrected chi connectivity index (χ1v) is 6.79. The molecule has 0 saturated carbocycles. The van der Waals surface area contributed by atoms with Crippen LogP contribution in [-0.2, 0) is 4.79 Å². The van der Waals surface area contributed by atoms with Gasteiger partial charge in [0.2, 0.25) is 5.91 Å². The van der Waals surface area contributed by atoms with Crippen LogP contribution in [0.1, 0.15) is 26.8 Å². The van der Waals surface area contributed by atoms with E-state index in [0.29, 0.717) is 5.69 Å². The number of pyridine rings is 1. The molecule has 2 aromatic heterocycles. The Bertz CT molecular complexity index is 680. The van der Waals surface area contributed by atoms with E-state index in [-0.39, 0.29) is 17.5 Å². The number of carbonyl (C=O) groups is 1. The standard InChI is InChI=1S/C15H18N4O2/c1-10(2)17-15(21)11(3)19-14(20)5-4-13(18-19)12-6-8-16-9-7-12/h4-11H,1-3H3,(H,17,21). The maximum absolute atomic E-state index is 12.0. The SMILES string of the molecule is CC(C)NC(=O)C(C)n1nc(-c2ccncc2)ccc1=O. The molecule has 0 aliphatic rings. The Hall–Kier alpha value is -2.50. The molecule has 0 aromatic carbocycles. The highest BCUT2D eigenvalue weighted by atomic mass is 16.2. The molecule has 6 nitrogen and oxygen atoms in total. The van der Waals surface area contributed by atoms with Crippen LogP contribution in [0.25, 0.3) is 11.3 Å². The van der Waals surface area contributed by atoms with Gasteiger partial charge in [0, 0.05) is 30.1 Å². The van der Waals surface area contributed by atoms with Crippen molar-refractivity contribution < 1.29 is 4.79 Å². The Morgan fingerprint density at radius 3 is 2.43 bits per heavy atom. The minimum Gasteiger partial charge on any atom is -0.352 e. The summed E-state index contributed by atoms with van der Waals surface area (Å²) in [6, 6.07) is 6.01. The summed E-state index contributed by atoms with van der Waals surface area (Å²) >= 11 is 0. The Balaban J connectivity index is 2.36. The molecule has 1 N–H and O–H groups in total. The van der Waals surface area contributed by atoms with Crippen LogP contribution in [0.2, 0.25) is 0 Å². The molecule has 2 aromatic rings. The lowest BCUT2D eigenvalue weighted by atomic mass is 10.2. The fraction of sp³-hybridized carbons (Fsp3) is 0.333. The molecule has 0 fully saturated rings. The van der Waals surface area contributed by atoms with Crippen LogP contribution in [0, 0.1) is 0 Å². The van der Waals surface area contributed by atoms with E-state index in [1.165, 1.54) is 10.7 Å². The Morgan fingerprint density at radius 1 is 1.14 bits per heavy atom. The number of hydrogen-bond acceptors (Lipinski definition) is 4. The molecule has 0 aliphatic heterocycles. The van der Waals surface area contributed by atoms with Gasteiger partial charge < -0.3 is 5.32 Å². The largest absolute Gasteiger partial charge is 0.352 e. The van der Waals surface area contributed by atoms with Crippen molar-refractivity contribution in [2.75, 3.05) is 0 Å². The minimum absolute atomic E-state index is 0.0130. The number of hydrogen-bond donors (Lipinski definition) is 1. The quantitative estimate of drug-likeness (QED) is 0.921. The van der Waals surface area contributed by atoms with Crippen LogP contribution in [0.3, 0.4) is 0 Å². The zero-order valence-electron chi connectivity index (χ0n) is 12.3. The van der Waals surface area contributed by atoms with Crippen LogP contribution in [0.15, 0.2) is 41.5 Å². The molecule has 1 unspecified atom stereocenters. The molecule has 2 heterocycles. The lowest BCUT2D eigenvalue weighted by molar-refractivity contribution is -0.124. The lowest BCUT2D eigenvalue weighted by Crippen LogP contribution is -2.39. The van der Waals surface area contributed by atoms with Gasteiger partial charge in [-0.05, 0) is 39.0 Å². The Kier molecular flexibility index (Phi) is 4.47. The summed E-state index contributed by atoms with van der Waals surface area (Å²) < 4.78 is 1.20. The maximum atomic E-state index is 12.0. The van der Waals surface area contributed by atoms with E-state index < -0.39 is 6.04 Å². The molecular weight excluding hydrogens is 268 g/mol. The first kappa shape index (κ1) is 14.9. The van der Waals surface area contributed by atoms with Gasteiger partial charge >= 0.3 is 0 Å². The molecule has 0 radical (unpaired) electrons. The summed E-state index contributed by atoms with van der Waals surface area (Å²) in [7, 11) is 0. The number of nitrogens with one attached hydrogen (secondary N) is 1. The summed E-state index contributed by atoms with van der Waals surface area (Å²) in [6.07, 6.45) is 3.31. The van der Waals surface area contributed by atoms with Crippen molar-refractivity contribution in [2.45, 2.75) is 32.9 Å². The molecule has 6 heteroatoms. The highest BCUT2D eigenvalue weighted by Gasteiger charge is 2.18. The molecule has 21 heavy (non-hydrogen) atoms. The van der Waals surface area contributed by atoms with E-state index in [4.69, 9.17) is 0 Å². The lowest BCUT2D eigenvalue weighted by Gasteiger charge is -2.16. The first-order chi connectivity index (χ1) is 9.99. The van der Waals surface area contributed by atoms with Crippen molar-refractivity contribution in [3.8, 4) is 11.3 Å². The molecule has 0 bridgehead atoms. The number of nitrogens with zero attached hydrogens (tertiary/aromatic N) is 3. The summed E-state index contributed by atoms with van der Waals surface area (Å²) in [5, 5.41) is 7.07. The second kappa shape index (κ2) is 6.30. The van der Waals surface area contributed by atoms with Crippen LogP contribution < -0.4 is 10.9 Å². The Labute approximate surface area is 122 Å². The van der Waals surface area contributed by atoms with Gasteiger partial charge in [0.05, 0.1) is 5.69 Å². The van der Waals surface area contributed by atoms with Crippen LogP contribution in [0.5, 0.6) is 0 Å². The van der Waals surface area contributed by atoms with Gasteiger partial charge in [-0.15, -0.1) is 0 Å². The van der Waals surface area contributed by atoms with E-state index in [2.05, 4.69) is 15.4 Å². The summed E-state index contributed by atoms with van der Waals surface area (Å²) in [5.74, 6) is -0.230. The first-order valence-electron chi connectivity index (χ1n) is 6.79. The smallest absolute Gasteiger partial charge is 0.267 e. The van der Waals surface area contributed by atoms with E-state index in [0.717, 1.165) is 5.56 Å². The topological polar surface area (TPSA) is 76.9 Å². The molecule has 0 spiro atoms. The van der Waals surface area contributed by atoms with Crippen molar-refractivity contribution in [1.29, 1.82) is 0 Å². The predicted molar refractivity (Wildman–Crippen MR) is 79.7 cm³/mol. The zero-order valence-corrected chi connectivity index (χ0v) is 12.3. The summed E-state index contributed by atoms with van der Waals surface area (Å²) in [4.78, 5) is 27.9. The highest BCUT2D eigenvalue weighted by Crippen LogP contribution is 2.14. The molecule has 0 aliphatic carbocycles. The van der Waals surface area contributed by atoms with Crippen molar-refractivity contribution in [3.63, 3.8) is 0 Å². The van der Waals surface area contributed by atoms with Crippen LogP contribution >= 0.6 is 0 Å². The van der Waals surface area contributed by atoms with Gasteiger partial charge in [0.25, 0.3) is 5.56 Å². The number of carbonyl (C=O) groups excluding carboxylic acids is 1. The van der Waals surface area contributed by atoms with Gasteiger partial charge in [-0.3, -0.25) is 14.6 Å². The molecule has 110 valence electrons. The number of aromatic nitrogens is 3. The van der Waals surface area contributed by atoms with Gasteiger partial charge in [0.15, 0.2) is 0 Å². The average Bonchev–Trinajstić information content (AvgIpc) is 2.47. The molecular formula is C15H18N4O2. The van der Waals surface area contributed by atoms with E-state index in [1.54, 1.807) is 37.5 Å². The third-order valence-corrected chi connectivity index (χ3v) is 2.98. The molecule has 1 amide bonds. The maximum Gasteiger partial charge on any atom is 0.267 e. The van der Waals surface area contributed by atoms with E-state index in [1.807, 2.05) is 13.8 Å². The van der Waals surface area contributed by atoms with Crippen LogP contribution in [-0.4, -0.2) is 26.7 Å². The number of amides is 1. The second-order valence-corrected chi connectivity index (χ2v) is 5.08. The van der Waals surface area contributed by atoms with Crippen LogP contribution in [0.4, 0.5) is 0 Å². The normalized spacial score (nSPS) is 12.2. The van der Waals surface area contributed by atoms with E-state index in [9.17, 15) is 9.59 Å². The third-order valence-electron chi connectivity index (χ3n) is 2.98. The fourth-order valence-corrected chi connectivity index (χ4v) is 1.90. The second-order valence-electron chi connectivity index (χ2n) is 5.08. The molecule has 2 rings (SSSR count). The van der Waals surface area contributed by atoms with Gasteiger partial charge in [-0.25, -0.2) is 4.68 Å². The highest BCUT2D eigenvalue weighted by molar-refractivity contribution is 5.80. The minimum atomic E-state index is -0.665. The molecule has 1 atom stereocenters. The summed E-state index contributed by atoms with van der Waals surface area (Å²) in [6.45, 7) is 5.39. The average molecular weight is 286 g/mol. The van der Waals surface area contributed by atoms with Gasteiger partial charge in [-0.1, -0.05) is 0 Å². The number of rotatable bonds is 4.